The first-order valence-electron chi connectivity index (χ1n) is 8.56. The summed E-state index contributed by atoms with van der Waals surface area (Å²) in [4.78, 5) is 27.3. The van der Waals surface area contributed by atoms with E-state index < -0.39 is 0 Å². The first-order valence-corrected chi connectivity index (χ1v) is 8.56. The average Bonchev–Trinajstić information content (AvgIpc) is 3.14. The molecule has 0 bridgehead atoms. The topological polar surface area (TPSA) is 80.3 Å². The van der Waals surface area contributed by atoms with Crippen molar-refractivity contribution < 1.29 is 23.8 Å². The lowest BCUT2D eigenvalue weighted by molar-refractivity contribution is -0.116. The van der Waals surface area contributed by atoms with E-state index in [1.807, 2.05) is 18.2 Å². The highest BCUT2D eigenvalue weighted by Crippen LogP contribution is 2.32. The molecule has 1 aromatic rings. The molecular formula is C18H23N3O5. The van der Waals surface area contributed by atoms with Crippen LogP contribution in [0.4, 0.5) is 4.79 Å². The number of ether oxygens (including phenoxy) is 3. The van der Waals surface area contributed by atoms with Crippen LogP contribution >= 0.6 is 0 Å². The Morgan fingerprint density at radius 2 is 1.96 bits per heavy atom. The van der Waals surface area contributed by atoms with Gasteiger partial charge >= 0.3 is 6.09 Å². The molecule has 1 saturated heterocycles. The Hall–Kier alpha value is -2.74. The molecule has 8 nitrogen and oxygen atoms in total. The molecule has 0 atom stereocenters. The van der Waals surface area contributed by atoms with Crippen molar-refractivity contribution in [3.63, 3.8) is 0 Å². The van der Waals surface area contributed by atoms with Gasteiger partial charge in [-0.15, -0.1) is 0 Å². The summed E-state index contributed by atoms with van der Waals surface area (Å²) in [7, 11) is 1.39. The Bertz CT molecular complexity index is 683. The van der Waals surface area contributed by atoms with Crippen LogP contribution in [0.1, 0.15) is 5.56 Å². The maximum atomic E-state index is 11.9. The summed E-state index contributed by atoms with van der Waals surface area (Å²) in [6.45, 7) is 4.38. The number of benzene rings is 1. The number of methoxy groups -OCH3 is 1. The Balaban J connectivity index is 1.36. The summed E-state index contributed by atoms with van der Waals surface area (Å²) < 4.78 is 15.3. The highest BCUT2D eigenvalue weighted by atomic mass is 16.7. The molecule has 2 aliphatic heterocycles. The van der Waals surface area contributed by atoms with Crippen LogP contribution in [0.25, 0.3) is 6.08 Å². The van der Waals surface area contributed by atoms with Gasteiger partial charge in [0.2, 0.25) is 12.7 Å². The van der Waals surface area contributed by atoms with Crippen LogP contribution in [-0.4, -0.2) is 75.0 Å². The number of carbonyl (C=O) groups is 2. The minimum atomic E-state index is -0.286. The molecular weight excluding hydrogens is 338 g/mol. The van der Waals surface area contributed by atoms with E-state index in [-0.39, 0.29) is 18.8 Å². The molecule has 1 fully saturated rings. The summed E-state index contributed by atoms with van der Waals surface area (Å²) in [5.41, 5.74) is 0.878. The maximum absolute atomic E-state index is 11.9. The van der Waals surface area contributed by atoms with E-state index in [1.54, 1.807) is 11.0 Å². The smallest absolute Gasteiger partial charge is 0.409 e. The second-order valence-corrected chi connectivity index (χ2v) is 6.04. The minimum Gasteiger partial charge on any atom is -0.454 e. The van der Waals surface area contributed by atoms with Gasteiger partial charge in [-0.25, -0.2) is 4.79 Å². The predicted octanol–water partition coefficient (Wildman–Crippen LogP) is 0.929. The van der Waals surface area contributed by atoms with Gasteiger partial charge in [-0.2, -0.15) is 0 Å². The summed E-state index contributed by atoms with van der Waals surface area (Å²) in [6, 6.07) is 5.54. The Kier molecular flexibility index (Phi) is 5.96. The summed E-state index contributed by atoms with van der Waals surface area (Å²) in [6.07, 6.45) is 2.96. The summed E-state index contributed by atoms with van der Waals surface area (Å²) >= 11 is 0. The summed E-state index contributed by atoms with van der Waals surface area (Å²) in [5, 5.41) is 2.87. The molecule has 0 spiro atoms. The second kappa shape index (κ2) is 8.57. The SMILES string of the molecule is COC(=O)N1CCN(CCNC(=O)C=Cc2ccc3c(c2)OCO3)CC1. The Labute approximate surface area is 152 Å². The Morgan fingerprint density at radius 1 is 1.19 bits per heavy atom. The zero-order valence-corrected chi connectivity index (χ0v) is 14.8. The molecule has 2 aliphatic rings. The third-order valence-corrected chi connectivity index (χ3v) is 4.36. The van der Waals surface area contributed by atoms with Crippen LogP contribution in [0.3, 0.4) is 0 Å². The largest absolute Gasteiger partial charge is 0.454 e. The first-order chi connectivity index (χ1) is 12.7. The second-order valence-electron chi connectivity index (χ2n) is 6.04. The van der Waals surface area contributed by atoms with Crippen LogP contribution in [0.15, 0.2) is 24.3 Å². The lowest BCUT2D eigenvalue weighted by Crippen LogP contribution is -2.50. The van der Waals surface area contributed by atoms with Crippen molar-refractivity contribution in [2.45, 2.75) is 0 Å². The van der Waals surface area contributed by atoms with E-state index in [0.29, 0.717) is 25.4 Å². The maximum Gasteiger partial charge on any atom is 0.409 e. The molecule has 2 amide bonds. The van der Waals surface area contributed by atoms with E-state index >= 15 is 0 Å². The van der Waals surface area contributed by atoms with Crippen LogP contribution in [0, 0.1) is 0 Å². The molecule has 0 radical (unpaired) electrons. The van der Waals surface area contributed by atoms with Crippen LogP contribution in [0.5, 0.6) is 11.5 Å². The fraction of sp³-hybridized carbons (Fsp3) is 0.444. The van der Waals surface area contributed by atoms with Gasteiger partial charge < -0.3 is 24.4 Å². The molecule has 0 aliphatic carbocycles. The molecule has 0 saturated carbocycles. The zero-order chi connectivity index (χ0) is 18.4. The van der Waals surface area contributed by atoms with Gasteiger partial charge in [-0.1, -0.05) is 6.07 Å². The highest BCUT2D eigenvalue weighted by molar-refractivity contribution is 5.91. The van der Waals surface area contributed by atoms with Crippen molar-refractivity contribution >= 4 is 18.1 Å². The van der Waals surface area contributed by atoms with Crippen molar-refractivity contribution in [2.75, 3.05) is 53.2 Å². The minimum absolute atomic E-state index is 0.143. The van der Waals surface area contributed by atoms with Gasteiger partial charge in [0, 0.05) is 45.3 Å². The molecule has 0 unspecified atom stereocenters. The van der Waals surface area contributed by atoms with Gasteiger partial charge in [-0.05, 0) is 23.8 Å². The lowest BCUT2D eigenvalue weighted by Gasteiger charge is -2.33. The molecule has 26 heavy (non-hydrogen) atoms. The van der Waals surface area contributed by atoms with Crippen molar-refractivity contribution in [1.82, 2.24) is 15.1 Å². The first kappa shape index (κ1) is 18.1. The number of carbonyl (C=O) groups excluding carboxylic acids is 2. The predicted molar refractivity (Wildman–Crippen MR) is 95.0 cm³/mol. The Morgan fingerprint density at radius 3 is 2.73 bits per heavy atom. The highest BCUT2D eigenvalue weighted by Gasteiger charge is 2.20. The van der Waals surface area contributed by atoms with Crippen molar-refractivity contribution in [3.8, 4) is 11.5 Å². The van der Waals surface area contributed by atoms with Crippen LogP contribution in [0.2, 0.25) is 0 Å². The lowest BCUT2D eigenvalue weighted by atomic mass is 10.2. The van der Waals surface area contributed by atoms with E-state index in [1.165, 1.54) is 13.2 Å². The fourth-order valence-corrected chi connectivity index (χ4v) is 2.87. The van der Waals surface area contributed by atoms with Crippen molar-refractivity contribution in [2.24, 2.45) is 0 Å². The van der Waals surface area contributed by atoms with E-state index in [9.17, 15) is 9.59 Å². The normalized spacial score (nSPS) is 16.7. The quantitative estimate of drug-likeness (QED) is 0.786. The van der Waals surface area contributed by atoms with Gasteiger partial charge in [-0.3, -0.25) is 9.69 Å². The number of nitrogens with one attached hydrogen (secondary N) is 1. The van der Waals surface area contributed by atoms with E-state index in [2.05, 4.69) is 10.2 Å². The molecule has 8 heteroatoms. The van der Waals surface area contributed by atoms with Gasteiger partial charge in [0.15, 0.2) is 11.5 Å². The third-order valence-electron chi connectivity index (χ3n) is 4.36. The van der Waals surface area contributed by atoms with E-state index in [4.69, 9.17) is 14.2 Å². The molecule has 1 aromatic carbocycles. The van der Waals surface area contributed by atoms with Gasteiger partial charge in [0.05, 0.1) is 7.11 Å². The number of amides is 2. The number of hydrogen-bond acceptors (Lipinski definition) is 6. The number of fused-ring (bicyclic) bond motifs is 1. The van der Waals surface area contributed by atoms with E-state index in [0.717, 1.165) is 30.9 Å². The molecule has 1 N–H and O–H groups in total. The summed E-state index contributed by atoms with van der Waals surface area (Å²) in [5.74, 6) is 1.27. The van der Waals surface area contributed by atoms with Crippen molar-refractivity contribution in [3.05, 3.63) is 29.8 Å². The standard InChI is InChI=1S/C18H23N3O5/c1-24-18(23)21-10-8-20(9-11-21)7-6-19-17(22)5-3-14-2-4-15-16(12-14)26-13-25-15/h2-5,12H,6-11,13H2,1H3,(H,19,22). The number of hydrogen-bond donors (Lipinski definition) is 1. The fourth-order valence-electron chi connectivity index (χ4n) is 2.87. The average molecular weight is 361 g/mol. The molecule has 0 aromatic heterocycles. The number of nitrogens with zero attached hydrogens (tertiary/aromatic N) is 2. The van der Waals surface area contributed by atoms with Gasteiger partial charge in [0.1, 0.15) is 0 Å². The third kappa shape index (κ3) is 4.66. The molecule has 140 valence electrons. The van der Waals surface area contributed by atoms with Crippen molar-refractivity contribution in [1.29, 1.82) is 0 Å². The molecule has 2 heterocycles. The zero-order valence-electron chi connectivity index (χ0n) is 14.8. The van der Waals surface area contributed by atoms with Crippen LogP contribution < -0.4 is 14.8 Å². The van der Waals surface area contributed by atoms with Crippen LogP contribution in [-0.2, 0) is 9.53 Å². The number of rotatable bonds is 5. The van der Waals surface area contributed by atoms with Gasteiger partial charge in [0.25, 0.3) is 0 Å². The monoisotopic (exact) mass is 361 g/mol. The number of piperazine rings is 1. The molecule has 3 rings (SSSR count).